The summed E-state index contributed by atoms with van der Waals surface area (Å²) in [4.78, 5) is 27.6. The van der Waals surface area contributed by atoms with Crippen LogP contribution in [0, 0.1) is 12.7 Å². The van der Waals surface area contributed by atoms with Gasteiger partial charge in [0, 0.05) is 19.2 Å². The van der Waals surface area contributed by atoms with Crippen LogP contribution in [0.1, 0.15) is 28.0 Å². The second kappa shape index (κ2) is 8.03. The Labute approximate surface area is 133 Å². The molecule has 1 aromatic carbocycles. The molecule has 2 amide bonds. The monoisotopic (exact) mass is 315 g/mol. The van der Waals surface area contributed by atoms with E-state index in [2.05, 4.69) is 15.6 Å². The number of carbonyl (C=O) groups is 2. The van der Waals surface area contributed by atoms with Crippen molar-refractivity contribution in [2.24, 2.45) is 0 Å². The van der Waals surface area contributed by atoms with Crippen LogP contribution < -0.4 is 10.6 Å². The number of nitrogens with one attached hydrogen (secondary N) is 2. The first-order valence-electron chi connectivity index (χ1n) is 7.27. The minimum Gasteiger partial charge on any atom is -0.351 e. The number of aromatic nitrogens is 1. The van der Waals surface area contributed by atoms with Crippen molar-refractivity contribution < 1.29 is 14.0 Å². The summed E-state index contributed by atoms with van der Waals surface area (Å²) in [5.41, 5.74) is 1.48. The van der Waals surface area contributed by atoms with Gasteiger partial charge in [0.15, 0.2) is 0 Å². The van der Waals surface area contributed by atoms with Gasteiger partial charge in [0.25, 0.3) is 5.91 Å². The van der Waals surface area contributed by atoms with Crippen molar-refractivity contribution in [1.82, 2.24) is 15.6 Å². The lowest BCUT2D eigenvalue weighted by Gasteiger charge is -2.07. The highest BCUT2D eigenvalue weighted by Crippen LogP contribution is 2.09. The van der Waals surface area contributed by atoms with E-state index in [1.54, 1.807) is 25.3 Å². The quantitative estimate of drug-likeness (QED) is 0.856. The van der Waals surface area contributed by atoms with E-state index in [4.69, 9.17) is 0 Å². The molecular weight excluding hydrogens is 297 g/mol. The predicted octanol–water partition coefficient (Wildman–Crippen LogP) is 1.97. The first-order chi connectivity index (χ1) is 11.1. The number of nitrogens with zero attached hydrogens (tertiary/aromatic N) is 1. The van der Waals surface area contributed by atoms with Crippen LogP contribution in [0.2, 0.25) is 0 Å². The van der Waals surface area contributed by atoms with Crippen LogP contribution in [0.25, 0.3) is 0 Å². The minimum absolute atomic E-state index is 0.0236. The highest BCUT2D eigenvalue weighted by Gasteiger charge is 2.11. The number of pyridine rings is 1. The van der Waals surface area contributed by atoms with Gasteiger partial charge in [-0.3, -0.25) is 14.6 Å². The molecule has 0 radical (unpaired) electrons. The Bertz CT molecular complexity index is 689. The fourth-order valence-corrected chi connectivity index (χ4v) is 1.97. The van der Waals surface area contributed by atoms with Gasteiger partial charge < -0.3 is 10.6 Å². The van der Waals surface area contributed by atoms with E-state index in [1.165, 1.54) is 12.1 Å². The number of rotatable bonds is 6. The fraction of sp³-hybridized carbons (Fsp3) is 0.235. The number of halogens is 1. The molecule has 0 aliphatic carbocycles. The van der Waals surface area contributed by atoms with Gasteiger partial charge in [0.2, 0.25) is 5.91 Å². The molecule has 0 fully saturated rings. The van der Waals surface area contributed by atoms with Gasteiger partial charge in [-0.05, 0) is 36.8 Å². The zero-order chi connectivity index (χ0) is 16.7. The fourth-order valence-electron chi connectivity index (χ4n) is 1.97. The maximum absolute atomic E-state index is 13.6. The summed E-state index contributed by atoms with van der Waals surface area (Å²) in [7, 11) is 0. The largest absolute Gasteiger partial charge is 0.351 e. The molecule has 2 rings (SSSR count). The Morgan fingerprint density at radius 3 is 2.70 bits per heavy atom. The summed E-state index contributed by atoms with van der Waals surface area (Å²) >= 11 is 0. The Balaban J connectivity index is 1.73. The van der Waals surface area contributed by atoms with Gasteiger partial charge >= 0.3 is 0 Å². The molecule has 0 saturated carbocycles. The second-order valence-corrected chi connectivity index (χ2v) is 5.09. The van der Waals surface area contributed by atoms with Gasteiger partial charge in [-0.1, -0.05) is 12.1 Å². The standard InChI is InChI=1S/C17H18FN3O2/c1-12-5-6-14(15(18)10-12)17(23)20-9-7-16(22)21-11-13-4-2-3-8-19-13/h2-6,8,10H,7,9,11H2,1H3,(H,20,23)(H,21,22). The molecule has 1 heterocycles. The van der Waals surface area contributed by atoms with Gasteiger partial charge in [0.05, 0.1) is 17.8 Å². The van der Waals surface area contributed by atoms with E-state index in [0.717, 1.165) is 11.3 Å². The van der Waals surface area contributed by atoms with Crippen LogP contribution in [0.3, 0.4) is 0 Å². The van der Waals surface area contributed by atoms with Crippen molar-refractivity contribution in [3.8, 4) is 0 Å². The Morgan fingerprint density at radius 2 is 2.00 bits per heavy atom. The maximum Gasteiger partial charge on any atom is 0.254 e. The predicted molar refractivity (Wildman–Crippen MR) is 84.2 cm³/mol. The van der Waals surface area contributed by atoms with E-state index < -0.39 is 11.7 Å². The van der Waals surface area contributed by atoms with Gasteiger partial charge in [-0.25, -0.2) is 4.39 Å². The normalized spacial score (nSPS) is 10.2. The zero-order valence-corrected chi connectivity index (χ0v) is 12.8. The number of hydrogen-bond acceptors (Lipinski definition) is 3. The molecule has 120 valence electrons. The lowest BCUT2D eigenvalue weighted by atomic mass is 10.1. The van der Waals surface area contributed by atoms with E-state index in [0.29, 0.717) is 6.54 Å². The third-order valence-corrected chi connectivity index (χ3v) is 3.20. The Hall–Kier alpha value is -2.76. The summed E-state index contributed by atoms with van der Waals surface area (Å²) in [5.74, 6) is -1.30. The summed E-state index contributed by atoms with van der Waals surface area (Å²) in [5, 5.41) is 5.24. The number of carbonyl (C=O) groups excluding carboxylic acids is 2. The van der Waals surface area contributed by atoms with Crippen LogP contribution >= 0.6 is 0 Å². The SMILES string of the molecule is Cc1ccc(C(=O)NCCC(=O)NCc2ccccn2)c(F)c1. The van der Waals surface area contributed by atoms with Gasteiger partial charge in [0.1, 0.15) is 5.82 Å². The molecule has 0 spiro atoms. The van der Waals surface area contributed by atoms with Crippen molar-refractivity contribution in [2.75, 3.05) is 6.54 Å². The van der Waals surface area contributed by atoms with Crippen molar-refractivity contribution >= 4 is 11.8 Å². The van der Waals surface area contributed by atoms with E-state index >= 15 is 0 Å². The molecule has 0 aliphatic heterocycles. The molecule has 0 bridgehead atoms. The zero-order valence-electron chi connectivity index (χ0n) is 12.8. The van der Waals surface area contributed by atoms with Crippen molar-refractivity contribution in [3.05, 3.63) is 65.2 Å². The molecule has 5 nitrogen and oxygen atoms in total. The molecule has 23 heavy (non-hydrogen) atoms. The number of benzene rings is 1. The molecule has 1 aromatic heterocycles. The van der Waals surface area contributed by atoms with Gasteiger partial charge in [-0.2, -0.15) is 0 Å². The lowest BCUT2D eigenvalue weighted by Crippen LogP contribution is -2.31. The van der Waals surface area contributed by atoms with Gasteiger partial charge in [-0.15, -0.1) is 0 Å². The van der Waals surface area contributed by atoms with Crippen molar-refractivity contribution in [3.63, 3.8) is 0 Å². The molecule has 0 saturated heterocycles. The molecule has 6 heteroatoms. The Kier molecular flexibility index (Phi) is 5.80. The number of aryl methyl sites for hydroxylation is 1. The van der Waals surface area contributed by atoms with E-state index in [1.807, 2.05) is 12.1 Å². The second-order valence-electron chi connectivity index (χ2n) is 5.09. The molecule has 2 aromatic rings. The first kappa shape index (κ1) is 16.6. The average Bonchev–Trinajstić information content (AvgIpc) is 2.53. The topological polar surface area (TPSA) is 71.1 Å². The van der Waals surface area contributed by atoms with Crippen molar-refractivity contribution in [2.45, 2.75) is 19.9 Å². The average molecular weight is 315 g/mol. The molecule has 2 N–H and O–H groups in total. The Morgan fingerprint density at radius 1 is 1.17 bits per heavy atom. The first-order valence-corrected chi connectivity index (χ1v) is 7.27. The summed E-state index contributed by atoms with van der Waals surface area (Å²) in [6, 6.07) is 9.84. The molecule has 0 atom stereocenters. The molecule has 0 aliphatic rings. The third-order valence-electron chi connectivity index (χ3n) is 3.20. The van der Waals surface area contributed by atoms with Crippen molar-refractivity contribution in [1.29, 1.82) is 0 Å². The van der Waals surface area contributed by atoms with E-state index in [-0.39, 0.29) is 24.4 Å². The summed E-state index contributed by atoms with van der Waals surface area (Å²) in [6.07, 6.45) is 1.77. The van der Waals surface area contributed by atoms with Crippen LogP contribution in [0.4, 0.5) is 4.39 Å². The third kappa shape index (κ3) is 5.18. The smallest absolute Gasteiger partial charge is 0.254 e. The highest BCUT2D eigenvalue weighted by atomic mass is 19.1. The van der Waals surface area contributed by atoms with E-state index in [9.17, 15) is 14.0 Å². The highest BCUT2D eigenvalue weighted by molar-refractivity contribution is 5.94. The summed E-state index contributed by atoms with van der Waals surface area (Å²) < 4.78 is 13.6. The minimum atomic E-state index is -0.567. The number of amides is 2. The lowest BCUT2D eigenvalue weighted by molar-refractivity contribution is -0.121. The summed E-state index contributed by atoms with van der Waals surface area (Å²) in [6.45, 7) is 2.22. The van der Waals surface area contributed by atoms with Crippen LogP contribution in [0.5, 0.6) is 0 Å². The van der Waals surface area contributed by atoms with Crippen LogP contribution in [-0.2, 0) is 11.3 Å². The molecular formula is C17H18FN3O2. The number of hydrogen-bond donors (Lipinski definition) is 2. The molecule has 0 unspecified atom stereocenters. The maximum atomic E-state index is 13.6. The van der Waals surface area contributed by atoms with Crippen LogP contribution in [0.15, 0.2) is 42.6 Å². The van der Waals surface area contributed by atoms with Crippen LogP contribution in [-0.4, -0.2) is 23.3 Å².